The van der Waals surface area contributed by atoms with Gasteiger partial charge in [0.25, 0.3) is 10.0 Å². The average Bonchev–Trinajstić information content (AvgIpc) is 2.65. The van der Waals surface area contributed by atoms with Crippen LogP contribution in [-0.4, -0.2) is 8.42 Å². The van der Waals surface area contributed by atoms with Gasteiger partial charge >= 0.3 is 0 Å². The fourth-order valence-electron chi connectivity index (χ4n) is 2.37. The Morgan fingerprint density at radius 1 is 0.897 bits per heavy atom. The third kappa shape index (κ3) is 4.73. The van der Waals surface area contributed by atoms with Crippen molar-refractivity contribution < 1.29 is 21.6 Å². The quantitative estimate of drug-likeness (QED) is 0.340. The standard InChI is InChI=1S/C18H10Cl2F3IN2O2S/c19-10-2-1-3-15(16(10)20)29(27,28)26-14-7-5-11(21)17(23)18(14)25-13-6-4-9(24)8-12(13)22/h1-8,25-26H. The Morgan fingerprint density at radius 3 is 2.28 bits per heavy atom. The second-order valence-electron chi connectivity index (χ2n) is 5.69. The monoisotopic (exact) mass is 572 g/mol. The van der Waals surface area contributed by atoms with E-state index in [1.54, 1.807) is 6.07 Å². The first-order valence-electron chi connectivity index (χ1n) is 7.77. The van der Waals surface area contributed by atoms with E-state index in [4.69, 9.17) is 23.2 Å². The Hall–Kier alpha value is -1.69. The molecular weight excluding hydrogens is 563 g/mol. The van der Waals surface area contributed by atoms with E-state index in [1.807, 2.05) is 22.6 Å². The van der Waals surface area contributed by atoms with Crippen molar-refractivity contribution in [1.29, 1.82) is 0 Å². The molecule has 0 saturated carbocycles. The number of halogens is 6. The summed E-state index contributed by atoms with van der Waals surface area (Å²) < 4.78 is 70.5. The van der Waals surface area contributed by atoms with Crippen LogP contribution in [0.3, 0.4) is 0 Å². The van der Waals surface area contributed by atoms with E-state index >= 15 is 0 Å². The summed E-state index contributed by atoms with van der Waals surface area (Å²) >= 11 is 13.7. The van der Waals surface area contributed by atoms with Crippen molar-refractivity contribution in [2.75, 3.05) is 10.0 Å². The minimum Gasteiger partial charge on any atom is -0.349 e. The van der Waals surface area contributed by atoms with Crippen LogP contribution in [0, 0.1) is 21.0 Å². The highest BCUT2D eigenvalue weighted by Crippen LogP contribution is 2.35. The van der Waals surface area contributed by atoms with Crippen molar-refractivity contribution in [3.05, 3.63) is 79.6 Å². The van der Waals surface area contributed by atoms with Crippen LogP contribution in [0.25, 0.3) is 0 Å². The van der Waals surface area contributed by atoms with Crippen LogP contribution in [0.4, 0.5) is 30.2 Å². The smallest absolute Gasteiger partial charge is 0.263 e. The topological polar surface area (TPSA) is 58.2 Å². The number of benzene rings is 3. The lowest BCUT2D eigenvalue weighted by Crippen LogP contribution is -2.15. The maximum absolute atomic E-state index is 14.4. The molecule has 3 aromatic rings. The molecule has 0 saturated heterocycles. The number of rotatable bonds is 5. The number of hydrogen-bond acceptors (Lipinski definition) is 3. The molecule has 29 heavy (non-hydrogen) atoms. The molecule has 0 bridgehead atoms. The zero-order valence-corrected chi connectivity index (χ0v) is 18.6. The molecule has 0 spiro atoms. The Bertz CT molecular complexity index is 1210. The van der Waals surface area contributed by atoms with Crippen molar-refractivity contribution in [2.45, 2.75) is 4.90 Å². The zero-order valence-electron chi connectivity index (χ0n) is 14.1. The van der Waals surface area contributed by atoms with Gasteiger partial charge in [0.15, 0.2) is 11.6 Å². The van der Waals surface area contributed by atoms with E-state index in [0.29, 0.717) is 3.57 Å². The SMILES string of the molecule is O=S(=O)(Nc1ccc(F)c(F)c1Nc1ccc(I)cc1F)c1cccc(Cl)c1Cl. The zero-order chi connectivity index (χ0) is 21.3. The first-order valence-corrected chi connectivity index (χ1v) is 11.1. The van der Waals surface area contributed by atoms with Crippen LogP contribution in [-0.2, 0) is 10.0 Å². The number of anilines is 3. The van der Waals surface area contributed by atoms with Gasteiger partial charge in [0.1, 0.15) is 16.4 Å². The molecule has 0 aliphatic carbocycles. The predicted molar refractivity (Wildman–Crippen MR) is 116 cm³/mol. The fraction of sp³-hybridized carbons (Fsp3) is 0. The highest BCUT2D eigenvalue weighted by Gasteiger charge is 2.23. The molecule has 2 N–H and O–H groups in total. The molecule has 0 aromatic heterocycles. The number of nitrogens with one attached hydrogen (secondary N) is 2. The first-order chi connectivity index (χ1) is 13.6. The summed E-state index contributed by atoms with van der Waals surface area (Å²) in [5.74, 6) is -3.37. The minimum absolute atomic E-state index is 0.000800. The van der Waals surface area contributed by atoms with Gasteiger partial charge in [-0.2, -0.15) is 0 Å². The fourth-order valence-corrected chi connectivity index (χ4v) is 4.66. The van der Waals surface area contributed by atoms with Crippen LogP contribution in [0.2, 0.25) is 10.0 Å². The number of sulfonamides is 1. The van der Waals surface area contributed by atoms with Gasteiger partial charge in [-0.25, -0.2) is 21.6 Å². The lowest BCUT2D eigenvalue weighted by molar-refractivity contribution is 0.512. The lowest BCUT2D eigenvalue weighted by Gasteiger charge is -2.16. The second kappa shape index (κ2) is 8.58. The first kappa shape index (κ1) is 22.0. The van der Waals surface area contributed by atoms with Gasteiger partial charge in [-0.15, -0.1) is 0 Å². The van der Waals surface area contributed by atoms with Crippen LogP contribution >= 0.6 is 45.8 Å². The Labute approximate surface area is 188 Å². The maximum atomic E-state index is 14.4. The summed E-state index contributed by atoms with van der Waals surface area (Å²) in [4.78, 5) is -0.359. The molecule has 3 aromatic carbocycles. The Morgan fingerprint density at radius 2 is 1.59 bits per heavy atom. The molecule has 0 amide bonds. The van der Waals surface area contributed by atoms with E-state index in [0.717, 1.165) is 12.1 Å². The third-order valence-corrected chi connectivity index (χ3v) is 6.75. The van der Waals surface area contributed by atoms with Crippen LogP contribution < -0.4 is 10.0 Å². The van der Waals surface area contributed by atoms with Crippen LogP contribution in [0.5, 0.6) is 0 Å². The van der Waals surface area contributed by atoms with E-state index in [2.05, 4.69) is 10.0 Å². The van der Waals surface area contributed by atoms with Crippen molar-refractivity contribution >= 4 is 72.9 Å². The van der Waals surface area contributed by atoms with E-state index < -0.39 is 33.2 Å². The molecule has 0 fully saturated rings. The molecule has 0 heterocycles. The summed E-state index contributed by atoms with van der Waals surface area (Å²) in [7, 11) is -4.32. The normalized spacial score (nSPS) is 11.4. The molecule has 3 rings (SSSR count). The van der Waals surface area contributed by atoms with Crippen molar-refractivity contribution in [1.82, 2.24) is 0 Å². The summed E-state index contributed by atoms with van der Waals surface area (Å²) in [5.41, 5.74) is -1.11. The molecule has 0 aliphatic heterocycles. The molecule has 0 radical (unpaired) electrons. The second-order valence-corrected chi connectivity index (χ2v) is 9.37. The van der Waals surface area contributed by atoms with Gasteiger partial charge < -0.3 is 5.32 Å². The summed E-state index contributed by atoms with van der Waals surface area (Å²) in [6.45, 7) is 0. The van der Waals surface area contributed by atoms with E-state index in [1.165, 1.54) is 30.3 Å². The summed E-state index contributed by atoms with van der Waals surface area (Å²) in [5, 5.41) is 2.16. The van der Waals surface area contributed by atoms with Crippen molar-refractivity contribution in [3.63, 3.8) is 0 Å². The van der Waals surface area contributed by atoms with Gasteiger partial charge in [0.05, 0.1) is 21.4 Å². The van der Waals surface area contributed by atoms with E-state index in [9.17, 15) is 21.6 Å². The van der Waals surface area contributed by atoms with Crippen molar-refractivity contribution in [3.8, 4) is 0 Å². The molecular formula is C18H10Cl2F3IN2O2S. The third-order valence-electron chi connectivity index (χ3n) is 3.74. The largest absolute Gasteiger partial charge is 0.349 e. The highest BCUT2D eigenvalue weighted by molar-refractivity contribution is 14.1. The van der Waals surface area contributed by atoms with Gasteiger partial charge in [-0.05, 0) is 65.1 Å². The van der Waals surface area contributed by atoms with Crippen LogP contribution in [0.1, 0.15) is 0 Å². The highest BCUT2D eigenvalue weighted by atomic mass is 127. The van der Waals surface area contributed by atoms with Crippen LogP contribution in [0.15, 0.2) is 53.4 Å². The molecule has 0 unspecified atom stereocenters. The summed E-state index contributed by atoms with van der Waals surface area (Å²) in [6, 6.07) is 9.73. The van der Waals surface area contributed by atoms with E-state index in [-0.39, 0.29) is 26.3 Å². The number of hydrogen-bond donors (Lipinski definition) is 2. The van der Waals surface area contributed by atoms with Gasteiger partial charge in [0.2, 0.25) is 0 Å². The molecule has 152 valence electrons. The Balaban J connectivity index is 2.06. The molecule has 11 heteroatoms. The molecule has 4 nitrogen and oxygen atoms in total. The van der Waals surface area contributed by atoms with Gasteiger partial charge in [-0.1, -0.05) is 29.3 Å². The Kier molecular flexibility index (Phi) is 6.51. The van der Waals surface area contributed by atoms with Gasteiger partial charge in [-0.3, -0.25) is 4.72 Å². The lowest BCUT2D eigenvalue weighted by atomic mass is 10.2. The summed E-state index contributed by atoms with van der Waals surface area (Å²) in [6.07, 6.45) is 0. The van der Waals surface area contributed by atoms with Crippen molar-refractivity contribution in [2.24, 2.45) is 0 Å². The minimum atomic E-state index is -4.32. The average molecular weight is 573 g/mol. The molecule has 0 aliphatic rings. The maximum Gasteiger partial charge on any atom is 0.263 e. The predicted octanol–water partition coefficient (Wildman–Crippen LogP) is 6.56. The van der Waals surface area contributed by atoms with Gasteiger partial charge in [0, 0.05) is 3.57 Å². The molecule has 0 atom stereocenters.